The Kier molecular flexibility index (Phi) is 3.84. The van der Waals surface area contributed by atoms with Crippen molar-refractivity contribution in [3.63, 3.8) is 0 Å². The summed E-state index contributed by atoms with van der Waals surface area (Å²) in [6.07, 6.45) is 0. The lowest BCUT2D eigenvalue weighted by Crippen LogP contribution is -2.05. The molecule has 0 saturated heterocycles. The summed E-state index contributed by atoms with van der Waals surface area (Å²) in [6.45, 7) is 2.02. The molecule has 0 aliphatic rings. The molecule has 1 aromatic heterocycles. The smallest absolute Gasteiger partial charge is 0.271 e. The van der Waals surface area contributed by atoms with Gasteiger partial charge in [-0.3, -0.25) is 10.1 Å². The second kappa shape index (κ2) is 5.37. The van der Waals surface area contributed by atoms with E-state index in [2.05, 4.69) is 5.32 Å². The van der Waals surface area contributed by atoms with Crippen LogP contribution >= 0.6 is 22.9 Å². The van der Waals surface area contributed by atoms with Crippen molar-refractivity contribution >= 4 is 34.3 Å². The molecule has 2 rings (SSSR count). The molecule has 0 fully saturated rings. The Balaban J connectivity index is 2.17. The van der Waals surface area contributed by atoms with E-state index in [-0.39, 0.29) is 11.7 Å². The lowest BCUT2D eigenvalue weighted by Gasteiger charge is -2.14. The van der Waals surface area contributed by atoms with Gasteiger partial charge < -0.3 is 5.32 Å². The van der Waals surface area contributed by atoms with Crippen molar-refractivity contribution in [3.05, 3.63) is 55.7 Å². The Morgan fingerprint density at radius 3 is 2.78 bits per heavy atom. The minimum Gasteiger partial charge on any atom is -0.376 e. The van der Waals surface area contributed by atoms with Crippen LogP contribution in [0.25, 0.3) is 0 Å². The molecular formula is C12H11ClN2O2S. The summed E-state index contributed by atoms with van der Waals surface area (Å²) < 4.78 is 0. The molecule has 18 heavy (non-hydrogen) atoms. The zero-order valence-corrected chi connectivity index (χ0v) is 11.2. The van der Waals surface area contributed by atoms with E-state index >= 15 is 0 Å². The van der Waals surface area contributed by atoms with E-state index in [1.54, 1.807) is 17.4 Å². The van der Waals surface area contributed by atoms with Crippen molar-refractivity contribution in [2.24, 2.45) is 0 Å². The average molecular weight is 283 g/mol. The Labute approximate surface area is 113 Å². The molecule has 0 aliphatic heterocycles. The molecule has 0 aliphatic carbocycles. The van der Waals surface area contributed by atoms with Gasteiger partial charge in [0.15, 0.2) is 0 Å². The first-order valence-corrected chi connectivity index (χ1v) is 6.57. The minimum atomic E-state index is -0.460. The molecule has 1 atom stereocenters. The van der Waals surface area contributed by atoms with Crippen molar-refractivity contribution in [3.8, 4) is 0 Å². The van der Waals surface area contributed by atoms with Gasteiger partial charge in [-0.2, -0.15) is 0 Å². The Morgan fingerprint density at radius 1 is 1.44 bits per heavy atom. The van der Waals surface area contributed by atoms with E-state index in [9.17, 15) is 10.1 Å². The fourth-order valence-corrected chi connectivity index (χ4v) is 2.54. The molecule has 0 unspecified atom stereocenters. The predicted molar refractivity (Wildman–Crippen MR) is 74.5 cm³/mol. The number of rotatable bonds is 4. The maximum Gasteiger partial charge on any atom is 0.271 e. The zero-order valence-electron chi connectivity index (χ0n) is 9.59. The highest BCUT2D eigenvalue weighted by Crippen LogP contribution is 2.30. The molecule has 1 N–H and O–H groups in total. The van der Waals surface area contributed by atoms with Crippen LogP contribution in [-0.2, 0) is 0 Å². The number of nitrogens with one attached hydrogen (secondary N) is 1. The molecule has 4 nitrogen and oxygen atoms in total. The van der Waals surface area contributed by atoms with E-state index in [4.69, 9.17) is 11.6 Å². The predicted octanol–water partition coefficient (Wildman–Crippen LogP) is 4.48. The van der Waals surface area contributed by atoms with Crippen LogP contribution in [0.5, 0.6) is 0 Å². The van der Waals surface area contributed by atoms with Crippen molar-refractivity contribution in [2.75, 3.05) is 5.32 Å². The lowest BCUT2D eigenvalue weighted by molar-refractivity contribution is -0.384. The van der Waals surface area contributed by atoms with Crippen LogP contribution in [0.3, 0.4) is 0 Å². The third-order valence-corrected chi connectivity index (χ3v) is 3.87. The normalized spacial score (nSPS) is 12.1. The highest BCUT2D eigenvalue weighted by Gasteiger charge is 2.12. The number of non-ortho nitro benzene ring substituents is 1. The van der Waals surface area contributed by atoms with Crippen molar-refractivity contribution in [1.82, 2.24) is 0 Å². The van der Waals surface area contributed by atoms with Crippen LogP contribution in [-0.4, -0.2) is 4.92 Å². The van der Waals surface area contributed by atoms with Crippen molar-refractivity contribution < 1.29 is 4.92 Å². The van der Waals surface area contributed by atoms with Crippen LogP contribution in [0.15, 0.2) is 35.7 Å². The van der Waals surface area contributed by atoms with Gasteiger partial charge in [0.25, 0.3) is 5.69 Å². The van der Waals surface area contributed by atoms with Crippen LogP contribution in [0.4, 0.5) is 11.4 Å². The number of nitro benzene ring substituents is 1. The maximum atomic E-state index is 10.6. The third kappa shape index (κ3) is 2.80. The molecule has 94 valence electrons. The van der Waals surface area contributed by atoms with Crippen molar-refractivity contribution in [2.45, 2.75) is 13.0 Å². The summed E-state index contributed by atoms with van der Waals surface area (Å²) in [5, 5.41) is 16.2. The van der Waals surface area contributed by atoms with Crippen LogP contribution < -0.4 is 5.32 Å². The molecule has 1 aromatic carbocycles. The van der Waals surface area contributed by atoms with Crippen LogP contribution in [0.2, 0.25) is 5.02 Å². The van der Waals surface area contributed by atoms with E-state index in [1.165, 1.54) is 17.0 Å². The number of hydrogen-bond donors (Lipinski definition) is 1. The first kappa shape index (κ1) is 12.9. The Morgan fingerprint density at radius 2 is 2.22 bits per heavy atom. The highest BCUT2D eigenvalue weighted by atomic mass is 35.5. The van der Waals surface area contributed by atoms with Gasteiger partial charge >= 0.3 is 0 Å². The molecule has 0 amide bonds. The first-order valence-electron chi connectivity index (χ1n) is 5.32. The second-order valence-corrected chi connectivity index (χ2v) is 5.19. The second-order valence-electron chi connectivity index (χ2n) is 3.80. The fraction of sp³-hybridized carbons (Fsp3) is 0.167. The van der Waals surface area contributed by atoms with Crippen LogP contribution in [0.1, 0.15) is 17.8 Å². The summed E-state index contributed by atoms with van der Waals surface area (Å²) in [6, 6.07) is 8.55. The van der Waals surface area contributed by atoms with Gasteiger partial charge in [0.1, 0.15) is 0 Å². The summed E-state index contributed by atoms with van der Waals surface area (Å²) >= 11 is 7.67. The quantitative estimate of drug-likeness (QED) is 0.664. The number of nitro groups is 1. The van der Waals surface area contributed by atoms with Gasteiger partial charge in [0, 0.05) is 17.0 Å². The van der Waals surface area contributed by atoms with Gasteiger partial charge in [-0.1, -0.05) is 17.7 Å². The molecule has 0 spiro atoms. The highest BCUT2D eigenvalue weighted by molar-refractivity contribution is 7.10. The first-order chi connectivity index (χ1) is 8.58. The van der Waals surface area contributed by atoms with E-state index in [0.29, 0.717) is 10.7 Å². The number of benzene rings is 1. The Bertz CT molecular complexity index is 557. The average Bonchev–Trinajstić information content (AvgIpc) is 2.85. The van der Waals surface area contributed by atoms with E-state index in [0.717, 1.165) is 0 Å². The topological polar surface area (TPSA) is 55.2 Å². The van der Waals surface area contributed by atoms with E-state index in [1.807, 2.05) is 24.4 Å². The SMILES string of the molecule is C[C@@H](Nc1ccc([N+](=O)[O-])cc1Cl)c1cccs1. The van der Waals surface area contributed by atoms with Gasteiger partial charge in [-0.25, -0.2) is 0 Å². The van der Waals surface area contributed by atoms with Gasteiger partial charge in [-0.15, -0.1) is 11.3 Å². The molecular weight excluding hydrogens is 272 g/mol. The molecule has 1 heterocycles. The largest absolute Gasteiger partial charge is 0.376 e. The maximum absolute atomic E-state index is 10.6. The number of halogens is 1. The summed E-state index contributed by atoms with van der Waals surface area (Å²) in [7, 11) is 0. The standard InChI is InChI=1S/C12H11ClN2O2S/c1-8(12-3-2-6-18-12)14-11-5-4-9(15(16)17)7-10(11)13/h2-8,14H,1H3/t8-/m1/s1. The third-order valence-electron chi connectivity index (χ3n) is 2.51. The monoisotopic (exact) mass is 282 g/mol. The lowest BCUT2D eigenvalue weighted by atomic mass is 10.2. The molecule has 0 bridgehead atoms. The van der Waals surface area contributed by atoms with E-state index < -0.39 is 4.92 Å². The molecule has 2 aromatic rings. The molecule has 6 heteroatoms. The molecule has 0 saturated carbocycles. The minimum absolute atomic E-state index is 0.00525. The number of hydrogen-bond acceptors (Lipinski definition) is 4. The zero-order chi connectivity index (χ0) is 13.1. The summed E-state index contributed by atoms with van der Waals surface area (Å²) in [4.78, 5) is 11.3. The fourth-order valence-electron chi connectivity index (χ4n) is 1.58. The molecule has 0 radical (unpaired) electrons. The summed E-state index contributed by atoms with van der Waals surface area (Å²) in [5.41, 5.74) is 0.692. The number of anilines is 1. The van der Waals surface area contributed by atoms with Gasteiger partial charge in [0.2, 0.25) is 0 Å². The van der Waals surface area contributed by atoms with Crippen LogP contribution in [0, 0.1) is 10.1 Å². The number of nitrogens with zero attached hydrogens (tertiary/aromatic N) is 1. The van der Waals surface area contributed by atoms with Gasteiger partial charge in [-0.05, 0) is 24.4 Å². The Hall–Kier alpha value is -1.59. The van der Waals surface area contributed by atoms with Crippen molar-refractivity contribution in [1.29, 1.82) is 0 Å². The van der Waals surface area contributed by atoms with Gasteiger partial charge in [0.05, 0.1) is 21.7 Å². The summed E-state index contributed by atoms with van der Waals surface area (Å²) in [5.74, 6) is 0. The number of thiophene rings is 1.